The van der Waals surface area contributed by atoms with Crippen LogP contribution in [0.1, 0.15) is 11.1 Å². The van der Waals surface area contributed by atoms with Gasteiger partial charge in [-0.15, -0.1) is 0 Å². The van der Waals surface area contributed by atoms with Gasteiger partial charge in [0, 0.05) is 30.8 Å². The maximum absolute atomic E-state index is 5.81. The first-order chi connectivity index (χ1) is 9.31. The number of rotatable bonds is 3. The summed E-state index contributed by atoms with van der Waals surface area (Å²) in [6.07, 6.45) is 2.69. The fourth-order valence-corrected chi connectivity index (χ4v) is 2.41. The zero-order chi connectivity index (χ0) is 13.2. The second-order valence-electron chi connectivity index (χ2n) is 4.51. The zero-order valence-electron chi connectivity index (χ0n) is 10.8. The highest BCUT2D eigenvalue weighted by atomic mass is 16.5. The minimum atomic E-state index is 0.485. The van der Waals surface area contributed by atoms with Crippen molar-refractivity contribution >= 4 is 0 Å². The Bertz CT molecular complexity index is 611. The molecule has 0 fully saturated rings. The van der Waals surface area contributed by atoms with Crippen molar-refractivity contribution in [2.75, 3.05) is 13.7 Å². The number of methoxy groups -OCH3 is 1. The SMILES string of the molecule is COc1cc(-c2cc(CN)c3c(c2)CCO3)ccn1. The van der Waals surface area contributed by atoms with Crippen LogP contribution in [-0.2, 0) is 13.0 Å². The van der Waals surface area contributed by atoms with E-state index in [1.165, 1.54) is 5.56 Å². The first-order valence-electron chi connectivity index (χ1n) is 6.31. The van der Waals surface area contributed by atoms with Crippen LogP contribution in [0.5, 0.6) is 11.6 Å². The normalized spacial score (nSPS) is 12.9. The van der Waals surface area contributed by atoms with Crippen LogP contribution in [0.4, 0.5) is 0 Å². The molecular formula is C15H16N2O2. The fraction of sp³-hybridized carbons (Fsp3) is 0.267. The summed E-state index contributed by atoms with van der Waals surface area (Å²) >= 11 is 0. The minimum Gasteiger partial charge on any atom is -0.493 e. The third-order valence-corrected chi connectivity index (χ3v) is 3.36. The van der Waals surface area contributed by atoms with Gasteiger partial charge in [0.15, 0.2) is 0 Å². The molecule has 4 nitrogen and oxygen atoms in total. The molecule has 0 aliphatic carbocycles. The molecule has 2 N–H and O–H groups in total. The summed E-state index contributed by atoms with van der Waals surface area (Å²) in [6.45, 7) is 1.23. The Balaban J connectivity index is 2.10. The van der Waals surface area contributed by atoms with Gasteiger partial charge in [-0.1, -0.05) is 0 Å². The molecule has 1 aliphatic rings. The molecule has 4 heteroatoms. The molecule has 3 rings (SSSR count). The largest absolute Gasteiger partial charge is 0.493 e. The van der Waals surface area contributed by atoms with Gasteiger partial charge in [0.05, 0.1) is 13.7 Å². The molecule has 0 unspecified atom stereocenters. The van der Waals surface area contributed by atoms with E-state index in [4.69, 9.17) is 15.2 Å². The van der Waals surface area contributed by atoms with E-state index in [0.717, 1.165) is 35.5 Å². The minimum absolute atomic E-state index is 0.485. The topological polar surface area (TPSA) is 57.4 Å². The second kappa shape index (κ2) is 4.90. The summed E-state index contributed by atoms with van der Waals surface area (Å²) in [7, 11) is 1.62. The lowest BCUT2D eigenvalue weighted by molar-refractivity contribution is 0.353. The van der Waals surface area contributed by atoms with Crippen LogP contribution >= 0.6 is 0 Å². The molecule has 0 bridgehead atoms. The summed E-state index contributed by atoms with van der Waals surface area (Å²) in [5, 5.41) is 0. The second-order valence-corrected chi connectivity index (χ2v) is 4.51. The van der Waals surface area contributed by atoms with Crippen molar-refractivity contribution in [2.45, 2.75) is 13.0 Å². The van der Waals surface area contributed by atoms with Crippen LogP contribution in [0.25, 0.3) is 11.1 Å². The van der Waals surface area contributed by atoms with Gasteiger partial charge < -0.3 is 15.2 Å². The number of ether oxygens (including phenoxy) is 2. The number of hydrogen-bond acceptors (Lipinski definition) is 4. The molecule has 0 radical (unpaired) electrons. The predicted molar refractivity (Wildman–Crippen MR) is 73.3 cm³/mol. The molecule has 0 saturated heterocycles. The third kappa shape index (κ3) is 2.15. The molecule has 1 aromatic heterocycles. The van der Waals surface area contributed by atoms with Crippen molar-refractivity contribution in [3.05, 3.63) is 41.6 Å². The van der Waals surface area contributed by atoms with Crippen LogP contribution in [0.15, 0.2) is 30.5 Å². The van der Waals surface area contributed by atoms with Gasteiger partial charge in [-0.05, 0) is 34.9 Å². The highest BCUT2D eigenvalue weighted by Crippen LogP contribution is 2.34. The first kappa shape index (κ1) is 12.0. The van der Waals surface area contributed by atoms with Gasteiger partial charge in [0.1, 0.15) is 5.75 Å². The van der Waals surface area contributed by atoms with E-state index in [1.54, 1.807) is 13.3 Å². The summed E-state index contributed by atoms with van der Waals surface area (Å²) in [4.78, 5) is 4.13. The van der Waals surface area contributed by atoms with Crippen LogP contribution in [0.2, 0.25) is 0 Å². The number of hydrogen-bond donors (Lipinski definition) is 1. The number of pyridine rings is 1. The van der Waals surface area contributed by atoms with E-state index in [1.807, 2.05) is 12.1 Å². The molecule has 1 aromatic carbocycles. The Labute approximate surface area is 112 Å². The van der Waals surface area contributed by atoms with E-state index >= 15 is 0 Å². The molecule has 2 heterocycles. The Morgan fingerprint density at radius 2 is 2.21 bits per heavy atom. The van der Waals surface area contributed by atoms with Crippen molar-refractivity contribution in [3.8, 4) is 22.8 Å². The molecule has 1 aliphatic heterocycles. The fourth-order valence-electron chi connectivity index (χ4n) is 2.41. The maximum atomic E-state index is 5.81. The molecular weight excluding hydrogens is 240 g/mol. The van der Waals surface area contributed by atoms with E-state index in [9.17, 15) is 0 Å². The monoisotopic (exact) mass is 256 g/mol. The average Bonchev–Trinajstić information content (AvgIpc) is 2.94. The van der Waals surface area contributed by atoms with Crippen molar-refractivity contribution in [1.29, 1.82) is 0 Å². The average molecular weight is 256 g/mol. The quantitative estimate of drug-likeness (QED) is 0.914. The number of nitrogens with two attached hydrogens (primary N) is 1. The molecule has 0 amide bonds. The van der Waals surface area contributed by atoms with Gasteiger partial charge >= 0.3 is 0 Å². The smallest absolute Gasteiger partial charge is 0.213 e. The predicted octanol–water partition coefficient (Wildman–Crippen LogP) is 2.15. The molecule has 0 spiro atoms. The van der Waals surface area contributed by atoms with Crippen molar-refractivity contribution in [3.63, 3.8) is 0 Å². The van der Waals surface area contributed by atoms with E-state index < -0.39 is 0 Å². The Kier molecular flexibility index (Phi) is 3.09. The van der Waals surface area contributed by atoms with Gasteiger partial charge in [-0.25, -0.2) is 4.98 Å². The van der Waals surface area contributed by atoms with Crippen LogP contribution in [-0.4, -0.2) is 18.7 Å². The Hall–Kier alpha value is -2.07. The summed E-state index contributed by atoms with van der Waals surface area (Å²) in [5.74, 6) is 1.58. The Morgan fingerprint density at radius 3 is 3.00 bits per heavy atom. The van der Waals surface area contributed by atoms with Crippen molar-refractivity contribution in [1.82, 2.24) is 4.98 Å². The highest BCUT2D eigenvalue weighted by Gasteiger charge is 2.17. The third-order valence-electron chi connectivity index (χ3n) is 3.36. The van der Waals surface area contributed by atoms with Gasteiger partial charge in [-0.2, -0.15) is 0 Å². The number of nitrogens with zero attached hydrogens (tertiary/aromatic N) is 1. The van der Waals surface area contributed by atoms with Gasteiger partial charge in [-0.3, -0.25) is 0 Å². The van der Waals surface area contributed by atoms with E-state index in [2.05, 4.69) is 17.1 Å². The van der Waals surface area contributed by atoms with E-state index in [0.29, 0.717) is 12.4 Å². The molecule has 0 atom stereocenters. The van der Waals surface area contributed by atoms with Crippen molar-refractivity contribution < 1.29 is 9.47 Å². The number of fused-ring (bicyclic) bond motifs is 1. The molecule has 19 heavy (non-hydrogen) atoms. The number of benzene rings is 1. The lowest BCUT2D eigenvalue weighted by atomic mass is 9.99. The summed E-state index contributed by atoms with van der Waals surface area (Å²) < 4.78 is 10.8. The van der Waals surface area contributed by atoms with Crippen LogP contribution in [0, 0.1) is 0 Å². The van der Waals surface area contributed by atoms with E-state index in [-0.39, 0.29) is 0 Å². The maximum Gasteiger partial charge on any atom is 0.213 e. The molecule has 0 saturated carbocycles. The Morgan fingerprint density at radius 1 is 1.32 bits per heavy atom. The molecule has 98 valence electrons. The lowest BCUT2D eigenvalue weighted by Crippen LogP contribution is -2.00. The van der Waals surface area contributed by atoms with Crippen LogP contribution in [0.3, 0.4) is 0 Å². The summed E-state index contributed by atoms with van der Waals surface area (Å²) in [6, 6.07) is 8.15. The van der Waals surface area contributed by atoms with Gasteiger partial charge in [0.25, 0.3) is 0 Å². The van der Waals surface area contributed by atoms with Gasteiger partial charge in [0.2, 0.25) is 5.88 Å². The standard InChI is InChI=1S/C15H16N2O2/c1-18-14-8-10(2-4-17-14)12-6-11-3-5-19-15(11)13(7-12)9-16/h2,4,6-8H,3,5,9,16H2,1H3. The first-order valence-corrected chi connectivity index (χ1v) is 6.31. The van der Waals surface area contributed by atoms with Crippen LogP contribution < -0.4 is 15.2 Å². The summed E-state index contributed by atoms with van der Waals surface area (Å²) in [5.41, 5.74) is 10.3. The lowest BCUT2D eigenvalue weighted by Gasteiger charge is -2.10. The zero-order valence-corrected chi connectivity index (χ0v) is 10.8. The highest BCUT2D eigenvalue weighted by molar-refractivity contribution is 5.68. The number of aromatic nitrogens is 1. The van der Waals surface area contributed by atoms with Crippen molar-refractivity contribution in [2.24, 2.45) is 5.73 Å². The molecule has 2 aromatic rings.